The van der Waals surface area contributed by atoms with E-state index in [-0.39, 0.29) is 0 Å². The SMILES string of the molecule is CCCC(C)[Si](OCC)(OCC)C1CC1. The Hall–Kier alpha value is 0.137. The first-order chi connectivity index (χ1) is 7.21. The summed E-state index contributed by atoms with van der Waals surface area (Å²) in [4.78, 5) is 0. The molecule has 0 heterocycles. The monoisotopic (exact) mass is 230 g/mol. The van der Waals surface area contributed by atoms with Crippen molar-refractivity contribution in [3.05, 3.63) is 0 Å². The van der Waals surface area contributed by atoms with Crippen molar-refractivity contribution in [2.24, 2.45) is 0 Å². The largest absolute Gasteiger partial charge is 0.394 e. The molecule has 0 N–H and O–H groups in total. The molecule has 1 unspecified atom stereocenters. The van der Waals surface area contributed by atoms with E-state index in [1.54, 1.807) is 0 Å². The molecule has 0 aliphatic heterocycles. The van der Waals surface area contributed by atoms with Crippen molar-refractivity contribution in [1.29, 1.82) is 0 Å². The van der Waals surface area contributed by atoms with Gasteiger partial charge in [0.15, 0.2) is 0 Å². The Morgan fingerprint density at radius 2 is 1.67 bits per heavy atom. The summed E-state index contributed by atoms with van der Waals surface area (Å²) >= 11 is 0. The fourth-order valence-electron chi connectivity index (χ4n) is 2.54. The first-order valence-electron chi connectivity index (χ1n) is 6.49. The van der Waals surface area contributed by atoms with E-state index in [1.165, 1.54) is 25.7 Å². The topological polar surface area (TPSA) is 18.5 Å². The lowest BCUT2D eigenvalue weighted by Gasteiger charge is -2.35. The Bertz CT molecular complexity index is 174. The zero-order valence-corrected chi connectivity index (χ0v) is 11.7. The smallest absolute Gasteiger partial charge is 0.344 e. The van der Waals surface area contributed by atoms with Crippen LogP contribution in [0.4, 0.5) is 0 Å². The van der Waals surface area contributed by atoms with Gasteiger partial charge in [0.05, 0.1) is 0 Å². The van der Waals surface area contributed by atoms with Crippen LogP contribution in [0.1, 0.15) is 53.4 Å². The van der Waals surface area contributed by atoms with Crippen molar-refractivity contribution >= 4 is 8.56 Å². The lowest BCUT2D eigenvalue weighted by molar-refractivity contribution is 0.170. The highest BCUT2D eigenvalue weighted by Gasteiger charge is 2.54. The van der Waals surface area contributed by atoms with Crippen molar-refractivity contribution in [1.82, 2.24) is 0 Å². The van der Waals surface area contributed by atoms with Crippen LogP contribution in [0, 0.1) is 0 Å². The quantitative estimate of drug-likeness (QED) is 0.590. The van der Waals surface area contributed by atoms with Crippen molar-refractivity contribution in [3.8, 4) is 0 Å². The zero-order valence-electron chi connectivity index (χ0n) is 10.7. The Kier molecular flexibility index (Phi) is 5.30. The maximum Gasteiger partial charge on any atom is 0.344 e. The average molecular weight is 230 g/mol. The Morgan fingerprint density at radius 3 is 2.00 bits per heavy atom. The lowest BCUT2D eigenvalue weighted by atomic mass is 10.3. The molecule has 1 rings (SSSR count). The second-order valence-corrected chi connectivity index (χ2v) is 8.37. The summed E-state index contributed by atoms with van der Waals surface area (Å²) in [5, 5.41) is 0. The molecular formula is C12H26O2Si. The van der Waals surface area contributed by atoms with E-state index < -0.39 is 8.56 Å². The van der Waals surface area contributed by atoms with Gasteiger partial charge in [0.2, 0.25) is 0 Å². The molecule has 15 heavy (non-hydrogen) atoms. The highest BCUT2D eigenvalue weighted by molar-refractivity contribution is 6.71. The number of hydrogen-bond acceptors (Lipinski definition) is 2. The fourth-order valence-corrected chi connectivity index (χ4v) is 7.03. The Labute approximate surface area is 95.6 Å². The van der Waals surface area contributed by atoms with Crippen LogP contribution in [0.15, 0.2) is 0 Å². The van der Waals surface area contributed by atoms with E-state index in [9.17, 15) is 0 Å². The molecule has 90 valence electrons. The van der Waals surface area contributed by atoms with Crippen LogP contribution in [0.25, 0.3) is 0 Å². The van der Waals surface area contributed by atoms with E-state index in [2.05, 4.69) is 27.7 Å². The van der Waals surface area contributed by atoms with E-state index in [1.807, 2.05) is 0 Å². The molecule has 0 aromatic carbocycles. The fraction of sp³-hybridized carbons (Fsp3) is 1.00. The second kappa shape index (κ2) is 6.02. The van der Waals surface area contributed by atoms with Crippen molar-refractivity contribution in [2.75, 3.05) is 13.2 Å². The first-order valence-corrected chi connectivity index (χ1v) is 8.46. The van der Waals surface area contributed by atoms with E-state index in [4.69, 9.17) is 8.85 Å². The zero-order chi connectivity index (χ0) is 11.3. The number of hydrogen-bond donors (Lipinski definition) is 0. The minimum Gasteiger partial charge on any atom is -0.394 e. The standard InChI is InChI=1S/C12H26O2Si/c1-5-8-11(4)15(13-6-2,14-7-3)12-9-10-12/h11-12H,5-10H2,1-4H3. The molecule has 0 amide bonds. The molecular weight excluding hydrogens is 204 g/mol. The van der Waals surface area contributed by atoms with Gasteiger partial charge in [-0.15, -0.1) is 0 Å². The Balaban J connectivity index is 2.69. The van der Waals surface area contributed by atoms with Crippen LogP contribution in [-0.2, 0) is 8.85 Å². The summed E-state index contributed by atoms with van der Waals surface area (Å²) in [5.41, 5.74) is 1.42. The molecule has 0 radical (unpaired) electrons. The van der Waals surface area contributed by atoms with Crippen LogP contribution >= 0.6 is 0 Å². The van der Waals surface area contributed by atoms with E-state index in [0.717, 1.165) is 18.8 Å². The predicted molar refractivity (Wildman–Crippen MR) is 66.3 cm³/mol. The molecule has 1 aliphatic rings. The summed E-state index contributed by atoms with van der Waals surface area (Å²) in [5.74, 6) is 0. The Morgan fingerprint density at radius 1 is 1.13 bits per heavy atom. The molecule has 0 spiro atoms. The minimum absolute atomic E-state index is 0.648. The van der Waals surface area contributed by atoms with Gasteiger partial charge < -0.3 is 8.85 Å². The summed E-state index contributed by atoms with van der Waals surface area (Å²) in [7, 11) is -1.89. The molecule has 0 aromatic heterocycles. The lowest BCUT2D eigenvalue weighted by Crippen LogP contribution is -2.47. The minimum atomic E-state index is -1.89. The van der Waals surface area contributed by atoms with Crippen molar-refractivity contribution in [3.63, 3.8) is 0 Å². The third-order valence-corrected chi connectivity index (χ3v) is 8.15. The highest BCUT2D eigenvalue weighted by atomic mass is 28.4. The van der Waals surface area contributed by atoms with E-state index >= 15 is 0 Å². The molecule has 0 bridgehead atoms. The summed E-state index contributed by atoms with van der Waals surface area (Å²) in [6.45, 7) is 10.4. The van der Waals surface area contributed by atoms with Crippen molar-refractivity contribution in [2.45, 2.75) is 64.5 Å². The maximum atomic E-state index is 6.12. The third kappa shape index (κ3) is 3.05. The summed E-state index contributed by atoms with van der Waals surface area (Å²) < 4.78 is 12.2. The normalized spacial score (nSPS) is 19.2. The molecule has 1 aliphatic carbocycles. The molecule has 1 atom stereocenters. The summed E-state index contributed by atoms with van der Waals surface area (Å²) in [6.07, 6.45) is 5.16. The van der Waals surface area contributed by atoms with Gasteiger partial charge in [0.1, 0.15) is 0 Å². The molecule has 1 fully saturated rings. The van der Waals surface area contributed by atoms with Gasteiger partial charge in [-0.25, -0.2) is 0 Å². The average Bonchev–Trinajstić information content (AvgIpc) is 3.01. The van der Waals surface area contributed by atoms with Gasteiger partial charge in [-0.1, -0.05) is 20.3 Å². The molecule has 1 saturated carbocycles. The van der Waals surface area contributed by atoms with Crippen LogP contribution < -0.4 is 0 Å². The van der Waals surface area contributed by atoms with Gasteiger partial charge in [-0.3, -0.25) is 0 Å². The molecule has 3 heteroatoms. The van der Waals surface area contributed by atoms with Crippen LogP contribution in [-0.4, -0.2) is 21.8 Å². The third-order valence-electron chi connectivity index (χ3n) is 3.29. The van der Waals surface area contributed by atoms with Gasteiger partial charge in [0, 0.05) is 24.3 Å². The molecule has 2 nitrogen and oxygen atoms in total. The van der Waals surface area contributed by atoms with Crippen molar-refractivity contribution < 1.29 is 8.85 Å². The van der Waals surface area contributed by atoms with Gasteiger partial charge in [-0.05, 0) is 33.1 Å². The van der Waals surface area contributed by atoms with Crippen LogP contribution in [0.2, 0.25) is 11.1 Å². The van der Waals surface area contributed by atoms with Gasteiger partial charge in [-0.2, -0.15) is 0 Å². The van der Waals surface area contributed by atoms with E-state index in [0.29, 0.717) is 5.54 Å². The van der Waals surface area contributed by atoms with Crippen LogP contribution in [0.3, 0.4) is 0 Å². The summed E-state index contributed by atoms with van der Waals surface area (Å²) in [6, 6.07) is 0. The van der Waals surface area contributed by atoms with Gasteiger partial charge in [0.25, 0.3) is 0 Å². The maximum absolute atomic E-state index is 6.12. The first kappa shape index (κ1) is 13.2. The van der Waals surface area contributed by atoms with Crippen LogP contribution in [0.5, 0.6) is 0 Å². The number of rotatable bonds is 8. The molecule has 0 saturated heterocycles. The molecule has 0 aromatic rings. The van der Waals surface area contributed by atoms with Gasteiger partial charge >= 0.3 is 8.56 Å². The second-order valence-electron chi connectivity index (χ2n) is 4.55. The predicted octanol–water partition coefficient (Wildman–Crippen LogP) is 3.86. The highest BCUT2D eigenvalue weighted by Crippen LogP contribution is 2.52.